The zero-order chi connectivity index (χ0) is 23.7. The van der Waals surface area contributed by atoms with Crippen LogP contribution in [-0.2, 0) is 25.4 Å². The number of aromatic hydroxyl groups is 2. The number of unbranched alkanes of at least 4 members (excludes halogenated alkanes) is 6. The number of hydrogen-bond donors (Lipinski definition) is 2. The Morgan fingerprint density at radius 3 is 2.34 bits per heavy atom. The molecule has 1 aliphatic heterocycles. The molecule has 0 amide bonds. The number of rotatable bonds is 13. The van der Waals surface area contributed by atoms with Crippen LogP contribution in [0.1, 0.15) is 86.7 Å². The van der Waals surface area contributed by atoms with Crippen LogP contribution in [0.2, 0.25) is 5.02 Å². The summed E-state index contributed by atoms with van der Waals surface area (Å²) in [5, 5.41) is 20.5. The first-order chi connectivity index (χ1) is 15.2. The van der Waals surface area contributed by atoms with E-state index in [2.05, 4.69) is 0 Å². The number of halogens is 1. The van der Waals surface area contributed by atoms with Crippen molar-refractivity contribution in [2.24, 2.45) is 0 Å². The summed E-state index contributed by atoms with van der Waals surface area (Å²) < 4.78 is 16.3. The molecule has 1 atom stereocenters. The molecule has 1 aliphatic rings. The number of benzene rings is 1. The number of carbonyl (C=O) groups excluding carboxylic acids is 2. The van der Waals surface area contributed by atoms with E-state index in [1.165, 1.54) is 0 Å². The van der Waals surface area contributed by atoms with Gasteiger partial charge in [0, 0.05) is 12.0 Å². The van der Waals surface area contributed by atoms with E-state index in [-0.39, 0.29) is 40.8 Å². The average molecular weight is 471 g/mol. The fourth-order valence-electron chi connectivity index (χ4n) is 3.82. The Balaban J connectivity index is 1.54. The number of phenols is 2. The lowest BCUT2D eigenvalue weighted by molar-refractivity contribution is -0.158. The van der Waals surface area contributed by atoms with Crippen molar-refractivity contribution in [2.45, 2.75) is 90.4 Å². The van der Waals surface area contributed by atoms with Gasteiger partial charge in [0.1, 0.15) is 24.2 Å². The molecule has 1 aromatic carbocycles. The van der Waals surface area contributed by atoms with Crippen LogP contribution >= 0.6 is 11.6 Å². The molecule has 180 valence electrons. The summed E-state index contributed by atoms with van der Waals surface area (Å²) >= 11 is 6.07. The van der Waals surface area contributed by atoms with Gasteiger partial charge in [0.2, 0.25) is 0 Å². The molecule has 0 radical (unpaired) electrons. The van der Waals surface area contributed by atoms with Crippen molar-refractivity contribution >= 4 is 23.9 Å². The lowest BCUT2D eigenvalue weighted by atomic mass is 9.98. The van der Waals surface area contributed by atoms with Crippen molar-refractivity contribution in [1.82, 2.24) is 0 Å². The van der Waals surface area contributed by atoms with Crippen LogP contribution in [0, 0.1) is 6.92 Å². The molecule has 8 heteroatoms. The topological polar surface area (TPSA) is 102 Å². The minimum absolute atomic E-state index is 0.117. The summed E-state index contributed by atoms with van der Waals surface area (Å²) in [5.41, 5.74) is 0.850. The van der Waals surface area contributed by atoms with Crippen LogP contribution in [0.4, 0.5) is 0 Å². The monoisotopic (exact) mass is 470 g/mol. The SMILES string of the molecule is Cc1c(Cl)c(O)c(CCCCCCCCCC(=O)OCC2COC(C)(C)O2)c(O)c1C=O. The summed E-state index contributed by atoms with van der Waals surface area (Å²) in [6.07, 6.45) is 7.78. The van der Waals surface area contributed by atoms with Gasteiger partial charge in [-0.05, 0) is 45.6 Å². The minimum atomic E-state index is -0.608. The highest BCUT2D eigenvalue weighted by atomic mass is 35.5. The summed E-state index contributed by atoms with van der Waals surface area (Å²) in [7, 11) is 0. The Bertz CT molecular complexity index is 791. The van der Waals surface area contributed by atoms with Crippen molar-refractivity contribution in [3.63, 3.8) is 0 Å². The van der Waals surface area contributed by atoms with Gasteiger partial charge in [-0.3, -0.25) is 9.59 Å². The molecule has 1 aromatic rings. The van der Waals surface area contributed by atoms with Crippen LogP contribution in [0.25, 0.3) is 0 Å². The maximum atomic E-state index is 11.8. The zero-order valence-corrected chi connectivity index (χ0v) is 20.0. The van der Waals surface area contributed by atoms with Gasteiger partial charge in [-0.1, -0.05) is 43.7 Å². The van der Waals surface area contributed by atoms with E-state index in [9.17, 15) is 19.8 Å². The smallest absolute Gasteiger partial charge is 0.305 e. The molecule has 1 unspecified atom stereocenters. The van der Waals surface area contributed by atoms with Crippen LogP contribution in [0.15, 0.2) is 0 Å². The van der Waals surface area contributed by atoms with E-state index in [0.29, 0.717) is 36.9 Å². The Kier molecular flexibility index (Phi) is 10.3. The van der Waals surface area contributed by atoms with Gasteiger partial charge in [-0.2, -0.15) is 0 Å². The maximum absolute atomic E-state index is 11.8. The molecule has 1 heterocycles. The van der Waals surface area contributed by atoms with E-state index in [1.807, 2.05) is 13.8 Å². The number of hydrogen-bond acceptors (Lipinski definition) is 7. The van der Waals surface area contributed by atoms with E-state index in [0.717, 1.165) is 44.9 Å². The third kappa shape index (κ3) is 7.64. The Morgan fingerprint density at radius 2 is 1.75 bits per heavy atom. The lowest BCUT2D eigenvalue weighted by Gasteiger charge is -2.16. The Hall–Kier alpha value is -1.83. The summed E-state index contributed by atoms with van der Waals surface area (Å²) in [6, 6.07) is 0. The van der Waals surface area contributed by atoms with Gasteiger partial charge in [0.25, 0.3) is 0 Å². The van der Waals surface area contributed by atoms with E-state index in [4.69, 9.17) is 25.8 Å². The van der Waals surface area contributed by atoms with Crippen LogP contribution in [-0.4, -0.2) is 47.6 Å². The fraction of sp³-hybridized carbons (Fsp3) is 0.667. The highest BCUT2D eigenvalue weighted by molar-refractivity contribution is 6.33. The molecule has 32 heavy (non-hydrogen) atoms. The predicted molar refractivity (Wildman–Crippen MR) is 121 cm³/mol. The fourth-order valence-corrected chi connectivity index (χ4v) is 4.04. The molecule has 7 nitrogen and oxygen atoms in total. The van der Waals surface area contributed by atoms with Crippen molar-refractivity contribution in [3.05, 3.63) is 21.7 Å². The van der Waals surface area contributed by atoms with Crippen molar-refractivity contribution in [1.29, 1.82) is 0 Å². The number of ether oxygens (including phenoxy) is 3. The maximum Gasteiger partial charge on any atom is 0.305 e. The molecule has 1 fully saturated rings. The quantitative estimate of drug-likeness (QED) is 0.231. The summed E-state index contributed by atoms with van der Waals surface area (Å²) in [5.74, 6) is -1.13. The second-order valence-electron chi connectivity index (χ2n) is 8.75. The second-order valence-corrected chi connectivity index (χ2v) is 9.13. The third-order valence-electron chi connectivity index (χ3n) is 5.69. The number of phenolic OH excluding ortho intramolecular Hbond substituents is 2. The first kappa shape index (κ1) is 26.4. The molecule has 0 saturated carbocycles. The molecular weight excluding hydrogens is 436 g/mol. The van der Waals surface area contributed by atoms with Gasteiger partial charge >= 0.3 is 5.97 Å². The van der Waals surface area contributed by atoms with Gasteiger partial charge in [0.15, 0.2) is 12.1 Å². The molecular formula is C24H35ClO7. The highest BCUT2D eigenvalue weighted by Gasteiger charge is 2.33. The molecule has 0 aromatic heterocycles. The van der Waals surface area contributed by atoms with Crippen LogP contribution < -0.4 is 0 Å². The summed E-state index contributed by atoms with van der Waals surface area (Å²) in [4.78, 5) is 23.0. The molecule has 2 rings (SSSR count). The van der Waals surface area contributed by atoms with Crippen molar-refractivity contribution in [2.75, 3.05) is 13.2 Å². The third-order valence-corrected chi connectivity index (χ3v) is 6.15. The summed E-state index contributed by atoms with van der Waals surface area (Å²) in [6.45, 7) is 5.94. The van der Waals surface area contributed by atoms with Crippen LogP contribution in [0.3, 0.4) is 0 Å². The minimum Gasteiger partial charge on any atom is -0.507 e. The van der Waals surface area contributed by atoms with Gasteiger partial charge in [0.05, 0.1) is 17.2 Å². The predicted octanol–water partition coefficient (Wildman–Crippen LogP) is 5.23. The van der Waals surface area contributed by atoms with E-state index < -0.39 is 5.79 Å². The van der Waals surface area contributed by atoms with E-state index >= 15 is 0 Å². The first-order valence-electron chi connectivity index (χ1n) is 11.3. The molecule has 0 aliphatic carbocycles. The van der Waals surface area contributed by atoms with Crippen molar-refractivity contribution < 1.29 is 34.0 Å². The zero-order valence-electron chi connectivity index (χ0n) is 19.2. The van der Waals surface area contributed by atoms with Crippen LogP contribution in [0.5, 0.6) is 11.5 Å². The van der Waals surface area contributed by atoms with Gasteiger partial charge < -0.3 is 24.4 Å². The van der Waals surface area contributed by atoms with Crippen molar-refractivity contribution in [3.8, 4) is 11.5 Å². The number of carbonyl (C=O) groups is 2. The molecule has 0 bridgehead atoms. The first-order valence-corrected chi connectivity index (χ1v) is 11.7. The number of esters is 1. The molecule has 1 saturated heterocycles. The number of aldehydes is 1. The largest absolute Gasteiger partial charge is 0.507 e. The highest BCUT2D eigenvalue weighted by Crippen LogP contribution is 2.40. The lowest BCUT2D eigenvalue weighted by Crippen LogP contribution is -2.25. The molecule has 2 N–H and O–H groups in total. The van der Waals surface area contributed by atoms with Gasteiger partial charge in [-0.15, -0.1) is 0 Å². The standard InChI is InChI=1S/C24H35ClO7/c1-16-19(13-26)22(28)18(23(29)21(16)25)11-9-7-5-4-6-8-10-12-20(27)30-14-17-15-31-24(2,3)32-17/h13,17,28-29H,4-12,14-15H2,1-3H3. The Labute approximate surface area is 195 Å². The normalized spacial score (nSPS) is 17.4. The Morgan fingerprint density at radius 1 is 1.12 bits per heavy atom. The second kappa shape index (κ2) is 12.4. The van der Waals surface area contributed by atoms with E-state index in [1.54, 1.807) is 6.92 Å². The average Bonchev–Trinajstić information content (AvgIpc) is 3.10. The van der Waals surface area contributed by atoms with Gasteiger partial charge in [-0.25, -0.2) is 0 Å². The molecule has 0 spiro atoms.